The third-order valence-corrected chi connectivity index (χ3v) is 3.01. The topological polar surface area (TPSA) is 103 Å². The molecule has 8 nitrogen and oxygen atoms in total. The molecule has 0 saturated heterocycles. The molecule has 0 spiro atoms. The van der Waals surface area contributed by atoms with E-state index in [2.05, 4.69) is 31.3 Å². The van der Waals surface area contributed by atoms with Crippen LogP contribution in [0.2, 0.25) is 0 Å². The van der Waals surface area contributed by atoms with Crippen LogP contribution in [0.5, 0.6) is 0 Å². The van der Waals surface area contributed by atoms with Crippen molar-refractivity contribution in [3.05, 3.63) is 44.7 Å². The number of carbonyl (C=O) groups excluding carboxylic acids is 1. The van der Waals surface area contributed by atoms with Crippen LogP contribution in [0.3, 0.4) is 0 Å². The standard InChI is InChI=1S/C10H8BrN5O3/c1-15-10(12-5-13-15)14-9(17)6-2-3-7(11)8(4-6)16(18)19/h2-5H,1H3,(H,12,13,14,17). The number of carbonyl (C=O) groups is 1. The summed E-state index contributed by atoms with van der Waals surface area (Å²) in [5.74, 6) is -0.234. The van der Waals surface area contributed by atoms with Gasteiger partial charge in [0.15, 0.2) is 0 Å². The summed E-state index contributed by atoms with van der Waals surface area (Å²) in [7, 11) is 1.62. The second-order valence-corrected chi connectivity index (χ2v) is 4.44. The number of nitro groups is 1. The highest BCUT2D eigenvalue weighted by Gasteiger charge is 2.16. The molecule has 98 valence electrons. The third-order valence-electron chi connectivity index (χ3n) is 2.34. The number of nitrogens with one attached hydrogen (secondary N) is 1. The summed E-state index contributed by atoms with van der Waals surface area (Å²) in [6.45, 7) is 0. The predicted octanol–water partition coefficient (Wildman–Crippen LogP) is 1.74. The number of benzene rings is 1. The maximum Gasteiger partial charge on any atom is 0.284 e. The second kappa shape index (κ2) is 5.14. The molecule has 1 aromatic carbocycles. The van der Waals surface area contributed by atoms with E-state index < -0.39 is 10.8 Å². The number of nitrogens with zero attached hydrogens (tertiary/aromatic N) is 4. The molecule has 0 bridgehead atoms. The van der Waals surface area contributed by atoms with Crippen LogP contribution in [-0.2, 0) is 7.05 Å². The molecule has 1 amide bonds. The molecule has 1 N–H and O–H groups in total. The van der Waals surface area contributed by atoms with Crippen LogP contribution in [0.25, 0.3) is 0 Å². The van der Waals surface area contributed by atoms with Crippen molar-refractivity contribution >= 4 is 33.5 Å². The van der Waals surface area contributed by atoms with Crippen molar-refractivity contribution in [3.8, 4) is 0 Å². The maximum absolute atomic E-state index is 11.9. The summed E-state index contributed by atoms with van der Waals surface area (Å²) < 4.78 is 1.69. The molecule has 0 radical (unpaired) electrons. The SMILES string of the molecule is Cn1ncnc1NC(=O)c1ccc(Br)c([N+](=O)[O-])c1. The zero-order valence-corrected chi connectivity index (χ0v) is 11.3. The fourth-order valence-corrected chi connectivity index (χ4v) is 1.77. The highest BCUT2D eigenvalue weighted by atomic mass is 79.9. The van der Waals surface area contributed by atoms with Crippen molar-refractivity contribution in [2.75, 3.05) is 5.32 Å². The van der Waals surface area contributed by atoms with Gasteiger partial charge in [0, 0.05) is 18.7 Å². The van der Waals surface area contributed by atoms with Crippen molar-refractivity contribution in [2.45, 2.75) is 0 Å². The molecule has 1 aromatic heterocycles. The maximum atomic E-state index is 11.9. The summed E-state index contributed by atoms with van der Waals surface area (Å²) in [6, 6.07) is 4.11. The number of aromatic nitrogens is 3. The molecule has 9 heteroatoms. The molecule has 0 unspecified atom stereocenters. The van der Waals surface area contributed by atoms with Crippen LogP contribution in [0.1, 0.15) is 10.4 Å². The first-order valence-corrected chi connectivity index (χ1v) is 5.87. The van der Waals surface area contributed by atoms with Crippen LogP contribution in [0, 0.1) is 10.1 Å². The first kappa shape index (κ1) is 13.1. The monoisotopic (exact) mass is 325 g/mol. The molecule has 19 heavy (non-hydrogen) atoms. The highest BCUT2D eigenvalue weighted by molar-refractivity contribution is 9.10. The summed E-state index contributed by atoms with van der Waals surface area (Å²) in [4.78, 5) is 26.0. The van der Waals surface area contributed by atoms with Crippen LogP contribution in [0.4, 0.5) is 11.6 Å². The number of amides is 1. The zero-order chi connectivity index (χ0) is 14.0. The lowest BCUT2D eigenvalue weighted by molar-refractivity contribution is -0.385. The molecule has 0 atom stereocenters. The molecule has 0 fully saturated rings. The Morgan fingerprint density at radius 3 is 2.84 bits per heavy atom. The van der Waals surface area contributed by atoms with Gasteiger partial charge in [0.25, 0.3) is 11.6 Å². The molecular formula is C10H8BrN5O3. The van der Waals surface area contributed by atoms with E-state index in [1.807, 2.05) is 0 Å². The molecule has 2 rings (SSSR count). The largest absolute Gasteiger partial charge is 0.291 e. The van der Waals surface area contributed by atoms with E-state index in [4.69, 9.17) is 0 Å². The van der Waals surface area contributed by atoms with Crippen molar-refractivity contribution in [1.82, 2.24) is 14.8 Å². The van der Waals surface area contributed by atoms with E-state index in [0.717, 1.165) is 0 Å². The van der Waals surface area contributed by atoms with Gasteiger partial charge in [-0.1, -0.05) is 0 Å². The first-order valence-electron chi connectivity index (χ1n) is 5.08. The number of rotatable bonds is 3. The Labute approximate surface area is 115 Å². The summed E-state index contributed by atoms with van der Waals surface area (Å²) in [6.07, 6.45) is 1.29. The Hall–Kier alpha value is -2.29. The van der Waals surface area contributed by atoms with E-state index in [0.29, 0.717) is 4.47 Å². The van der Waals surface area contributed by atoms with Gasteiger partial charge in [-0.2, -0.15) is 10.1 Å². The Bertz CT molecular complexity index is 654. The van der Waals surface area contributed by atoms with Gasteiger partial charge in [-0.15, -0.1) is 0 Å². The van der Waals surface area contributed by atoms with Crippen LogP contribution in [0.15, 0.2) is 29.0 Å². The Morgan fingerprint density at radius 2 is 2.26 bits per heavy atom. The molecule has 0 saturated carbocycles. The van der Waals surface area contributed by atoms with E-state index >= 15 is 0 Å². The molecule has 1 heterocycles. The average Bonchev–Trinajstić information content (AvgIpc) is 2.75. The van der Waals surface area contributed by atoms with E-state index in [1.54, 1.807) is 7.05 Å². The van der Waals surface area contributed by atoms with Crippen LogP contribution >= 0.6 is 15.9 Å². The van der Waals surface area contributed by atoms with Gasteiger partial charge in [0.05, 0.1) is 9.40 Å². The number of halogens is 1. The minimum atomic E-state index is -0.566. The van der Waals surface area contributed by atoms with Crippen molar-refractivity contribution in [2.24, 2.45) is 7.05 Å². The van der Waals surface area contributed by atoms with E-state index in [1.165, 1.54) is 29.2 Å². The smallest absolute Gasteiger partial charge is 0.284 e. The second-order valence-electron chi connectivity index (χ2n) is 3.58. The van der Waals surface area contributed by atoms with Gasteiger partial charge in [-0.05, 0) is 28.1 Å². The Balaban J connectivity index is 2.27. The summed E-state index contributed by atoms with van der Waals surface area (Å²) >= 11 is 3.05. The quantitative estimate of drug-likeness (QED) is 0.683. The van der Waals surface area contributed by atoms with Crippen LogP contribution < -0.4 is 5.32 Å². The average molecular weight is 326 g/mol. The van der Waals surface area contributed by atoms with Crippen molar-refractivity contribution in [3.63, 3.8) is 0 Å². The minimum Gasteiger partial charge on any atom is -0.291 e. The van der Waals surface area contributed by atoms with Gasteiger partial charge < -0.3 is 0 Å². The lowest BCUT2D eigenvalue weighted by atomic mass is 10.2. The number of aryl methyl sites for hydroxylation is 1. The van der Waals surface area contributed by atoms with Crippen molar-refractivity contribution < 1.29 is 9.72 Å². The first-order chi connectivity index (χ1) is 8.99. The normalized spacial score (nSPS) is 10.2. The summed E-state index contributed by atoms with van der Waals surface area (Å²) in [5, 5.41) is 17.1. The molecule has 2 aromatic rings. The summed E-state index contributed by atoms with van der Waals surface area (Å²) in [5.41, 5.74) is -0.0106. The van der Waals surface area contributed by atoms with Gasteiger partial charge >= 0.3 is 0 Å². The molecule has 0 aliphatic carbocycles. The zero-order valence-electron chi connectivity index (χ0n) is 9.70. The Kier molecular flexibility index (Phi) is 3.56. The van der Waals surface area contributed by atoms with Gasteiger partial charge in [-0.3, -0.25) is 20.2 Å². The Morgan fingerprint density at radius 1 is 1.53 bits per heavy atom. The molecular weight excluding hydrogens is 318 g/mol. The number of anilines is 1. The predicted molar refractivity (Wildman–Crippen MR) is 69.8 cm³/mol. The lowest BCUT2D eigenvalue weighted by Crippen LogP contribution is -2.15. The van der Waals surface area contributed by atoms with Crippen molar-refractivity contribution in [1.29, 1.82) is 0 Å². The van der Waals surface area contributed by atoms with Gasteiger partial charge in [0.1, 0.15) is 6.33 Å². The number of hydrogen-bond acceptors (Lipinski definition) is 5. The van der Waals surface area contributed by atoms with Crippen LogP contribution in [-0.4, -0.2) is 25.6 Å². The highest BCUT2D eigenvalue weighted by Crippen LogP contribution is 2.25. The lowest BCUT2D eigenvalue weighted by Gasteiger charge is -2.04. The van der Waals surface area contributed by atoms with E-state index in [9.17, 15) is 14.9 Å². The fraction of sp³-hybridized carbons (Fsp3) is 0.100. The van der Waals surface area contributed by atoms with Gasteiger partial charge in [-0.25, -0.2) is 4.68 Å². The van der Waals surface area contributed by atoms with E-state index in [-0.39, 0.29) is 17.2 Å². The van der Waals surface area contributed by atoms with Gasteiger partial charge in [0.2, 0.25) is 5.95 Å². The fourth-order valence-electron chi connectivity index (χ4n) is 1.38. The molecule has 0 aliphatic heterocycles. The molecule has 0 aliphatic rings. The number of hydrogen-bond donors (Lipinski definition) is 1. The minimum absolute atomic E-state index is 0.165. The third kappa shape index (κ3) is 2.76. The number of nitro benzene ring substituents is 1.